The van der Waals surface area contributed by atoms with E-state index in [1.807, 2.05) is 36.5 Å². The van der Waals surface area contributed by atoms with Gasteiger partial charge in [-0.3, -0.25) is 0 Å². The molecule has 0 amide bonds. The zero-order valence-corrected chi connectivity index (χ0v) is 17.1. The Balaban J connectivity index is 0.00000243. The molecule has 6 heteroatoms. The molecule has 1 aromatic heterocycles. The fourth-order valence-electron chi connectivity index (χ4n) is 2.57. The summed E-state index contributed by atoms with van der Waals surface area (Å²) in [6.07, 6.45) is 4.75. The van der Waals surface area contributed by atoms with Crippen LogP contribution in [0.2, 0.25) is 0 Å². The number of rotatable bonds is 6. The Bertz CT molecular complexity index is 825. The maximum absolute atomic E-state index is 5.98. The summed E-state index contributed by atoms with van der Waals surface area (Å²) in [4.78, 5) is 8.79. The summed E-state index contributed by atoms with van der Waals surface area (Å²) in [7, 11) is 0. The molecule has 0 aliphatic heterocycles. The van der Waals surface area contributed by atoms with Crippen molar-refractivity contribution in [2.45, 2.75) is 26.4 Å². The smallest absolute Gasteiger partial charge is 0.193 e. The van der Waals surface area contributed by atoms with Crippen LogP contribution in [-0.4, -0.2) is 15.5 Å². The van der Waals surface area contributed by atoms with Crippen molar-refractivity contribution < 1.29 is 0 Å². The number of benzene rings is 2. The highest BCUT2D eigenvalue weighted by molar-refractivity contribution is 14.0. The van der Waals surface area contributed by atoms with Crippen LogP contribution < -0.4 is 11.1 Å². The summed E-state index contributed by atoms with van der Waals surface area (Å²) in [6.45, 7) is 3.38. The molecule has 3 aromatic rings. The van der Waals surface area contributed by atoms with Gasteiger partial charge in [-0.1, -0.05) is 48.0 Å². The molecule has 0 aliphatic rings. The minimum absolute atomic E-state index is 0. The van der Waals surface area contributed by atoms with Crippen LogP contribution >= 0.6 is 24.0 Å². The molecule has 0 unspecified atom stereocenters. The number of guanidine groups is 1. The van der Waals surface area contributed by atoms with Gasteiger partial charge in [0, 0.05) is 24.6 Å². The standard InChI is InChI=1S/C20H23N5.HI/c1-16-7-9-18(10-8-16)24-20(21)23-15-19-22-12-14-25(19)13-11-17-5-3-2-4-6-17;/h2-10,12,14H,11,13,15H2,1H3,(H3,21,23,24);1H. The van der Waals surface area contributed by atoms with E-state index in [0.717, 1.165) is 24.5 Å². The second-order valence-corrected chi connectivity index (χ2v) is 5.96. The molecular weight excluding hydrogens is 437 g/mol. The normalized spacial score (nSPS) is 11.0. The van der Waals surface area contributed by atoms with Gasteiger partial charge in [0.15, 0.2) is 5.96 Å². The van der Waals surface area contributed by atoms with Crippen LogP contribution in [0.4, 0.5) is 5.69 Å². The van der Waals surface area contributed by atoms with Crippen LogP contribution in [0, 0.1) is 6.92 Å². The average Bonchev–Trinajstić information content (AvgIpc) is 3.08. The van der Waals surface area contributed by atoms with Crippen LogP contribution in [0.5, 0.6) is 0 Å². The Labute approximate surface area is 171 Å². The first-order valence-electron chi connectivity index (χ1n) is 8.38. The molecule has 2 aromatic carbocycles. The van der Waals surface area contributed by atoms with Crippen molar-refractivity contribution in [1.82, 2.24) is 9.55 Å². The third kappa shape index (κ3) is 5.87. The van der Waals surface area contributed by atoms with Crippen molar-refractivity contribution in [2.24, 2.45) is 10.7 Å². The molecule has 0 saturated carbocycles. The summed E-state index contributed by atoms with van der Waals surface area (Å²) >= 11 is 0. The molecule has 0 aliphatic carbocycles. The number of nitrogens with two attached hydrogens (primary N) is 1. The molecule has 3 rings (SSSR count). The Morgan fingerprint density at radius 2 is 1.85 bits per heavy atom. The van der Waals surface area contributed by atoms with Gasteiger partial charge in [-0.2, -0.15) is 0 Å². The van der Waals surface area contributed by atoms with Gasteiger partial charge < -0.3 is 15.6 Å². The summed E-state index contributed by atoms with van der Waals surface area (Å²) in [5.74, 6) is 1.30. The maximum atomic E-state index is 5.98. The molecule has 1 heterocycles. The number of anilines is 1. The SMILES string of the molecule is Cc1ccc(NC(N)=NCc2nccn2CCc2ccccc2)cc1.I. The predicted octanol–water partition coefficient (Wildman–Crippen LogP) is 3.98. The van der Waals surface area contributed by atoms with Crippen molar-refractivity contribution in [2.75, 3.05) is 5.32 Å². The second-order valence-electron chi connectivity index (χ2n) is 5.96. The molecule has 0 spiro atoms. The fraction of sp³-hybridized carbons (Fsp3) is 0.200. The quantitative estimate of drug-likeness (QED) is 0.332. The average molecular weight is 461 g/mol. The number of hydrogen-bond donors (Lipinski definition) is 2. The largest absolute Gasteiger partial charge is 0.370 e. The molecule has 0 atom stereocenters. The van der Waals surface area contributed by atoms with E-state index in [4.69, 9.17) is 5.73 Å². The van der Waals surface area contributed by atoms with Crippen molar-refractivity contribution >= 4 is 35.6 Å². The van der Waals surface area contributed by atoms with Gasteiger partial charge in [0.2, 0.25) is 0 Å². The molecular formula is C20H24IN5. The predicted molar refractivity (Wildman–Crippen MR) is 118 cm³/mol. The van der Waals surface area contributed by atoms with Gasteiger partial charge in [0.25, 0.3) is 0 Å². The summed E-state index contributed by atoms with van der Waals surface area (Å²) in [5.41, 5.74) is 9.43. The summed E-state index contributed by atoms with van der Waals surface area (Å²) in [5, 5.41) is 3.10. The van der Waals surface area contributed by atoms with E-state index in [-0.39, 0.29) is 24.0 Å². The lowest BCUT2D eigenvalue weighted by atomic mass is 10.1. The highest BCUT2D eigenvalue weighted by Gasteiger charge is 2.03. The number of imidazole rings is 1. The second kappa shape index (κ2) is 9.96. The summed E-state index contributed by atoms with van der Waals surface area (Å²) in [6, 6.07) is 18.5. The van der Waals surface area contributed by atoms with Gasteiger partial charge in [-0.25, -0.2) is 9.98 Å². The topological polar surface area (TPSA) is 68.2 Å². The van der Waals surface area contributed by atoms with Gasteiger partial charge in [-0.05, 0) is 31.0 Å². The first kappa shape index (κ1) is 20.0. The number of aromatic nitrogens is 2. The van der Waals surface area contributed by atoms with E-state index in [1.165, 1.54) is 11.1 Å². The van der Waals surface area contributed by atoms with E-state index < -0.39 is 0 Å². The maximum Gasteiger partial charge on any atom is 0.193 e. The van der Waals surface area contributed by atoms with Crippen LogP contribution in [0.3, 0.4) is 0 Å². The molecule has 0 radical (unpaired) electrons. The number of hydrogen-bond acceptors (Lipinski definition) is 2. The molecule has 0 saturated heterocycles. The number of aryl methyl sites for hydroxylation is 3. The number of halogens is 1. The Morgan fingerprint density at radius 1 is 1.12 bits per heavy atom. The van der Waals surface area contributed by atoms with Crippen molar-refractivity contribution in [3.05, 3.63) is 83.9 Å². The highest BCUT2D eigenvalue weighted by Crippen LogP contribution is 2.09. The number of nitrogens with zero attached hydrogens (tertiary/aromatic N) is 3. The third-order valence-electron chi connectivity index (χ3n) is 4.00. The molecule has 26 heavy (non-hydrogen) atoms. The van der Waals surface area contributed by atoms with E-state index in [1.54, 1.807) is 6.20 Å². The first-order chi connectivity index (χ1) is 12.2. The molecule has 0 fully saturated rings. The zero-order chi connectivity index (χ0) is 17.5. The van der Waals surface area contributed by atoms with Crippen molar-refractivity contribution in [1.29, 1.82) is 0 Å². The summed E-state index contributed by atoms with van der Waals surface area (Å²) < 4.78 is 2.12. The zero-order valence-electron chi connectivity index (χ0n) is 14.8. The van der Waals surface area contributed by atoms with Crippen molar-refractivity contribution in [3.8, 4) is 0 Å². The Hall–Kier alpha value is -2.35. The third-order valence-corrected chi connectivity index (χ3v) is 4.00. The number of nitrogens with one attached hydrogen (secondary N) is 1. The Kier molecular flexibility index (Phi) is 7.65. The number of aliphatic imine (C=N–C) groups is 1. The van der Waals surface area contributed by atoms with Crippen LogP contribution in [-0.2, 0) is 19.5 Å². The first-order valence-corrected chi connectivity index (χ1v) is 8.38. The van der Waals surface area contributed by atoms with Crippen LogP contribution in [0.1, 0.15) is 17.0 Å². The fourth-order valence-corrected chi connectivity index (χ4v) is 2.57. The molecule has 5 nitrogen and oxygen atoms in total. The lowest BCUT2D eigenvalue weighted by Crippen LogP contribution is -2.22. The molecule has 136 valence electrons. The minimum Gasteiger partial charge on any atom is -0.370 e. The van der Waals surface area contributed by atoms with E-state index in [2.05, 4.69) is 51.0 Å². The Morgan fingerprint density at radius 3 is 2.58 bits per heavy atom. The van der Waals surface area contributed by atoms with E-state index in [9.17, 15) is 0 Å². The van der Waals surface area contributed by atoms with Gasteiger partial charge in [-0.15, -0.1) is 24.0 Å². The lowest BCUT2D eigenvalue weighted by Gasteiger charge is -2.08. The molecule has 3 N–H and O–H groups in total. The molecule has 0 bridgehead atoms. The lowest BCUT2D eigenvalue weighted by molar-refractivity contribution is 0.652. The van der Waals surface area contributed by atoms with Crippen LogP contribution in [0.15, 0.2) is 72.0 Å². The van der Waals surface area contributed by atoms with Gasteiger partial charge in [0.05, 0.1) is 0 Å². The minimum atomic E-state index is 0. The monoisotopic (exact) mass is 461 g/mol. The highest BCUT2D eigenvalue weighted by atomic mass is 127. The van der Waals surface area contributed by atoms with Gasteiger partial charge >= 0.3 is 0 Å². The van der Waals surface area contributed by atoms with Crippen LogP contribution in [0.25, 0.3) is 0 Å². The van der Waals surface area contributed by atoms with Gasteiger partial charge in [0.1, 0.15) is 12.4 Å². The van der Waals surface area contributed by atoms with Crippen molar-refractivity contribution in [3.63, 3.8) is 0 Å². The van der Waals surface area contributed by atoms with E-state index in [0.29, 0.717) is 12.5 Å². The van der Waals surface area contributed by atoms with E-state index >= 15 is 0 Å².